The third-order valence-electron chi connectivity index (χ3n) is 5.68. The minimum absolute atomic E-state index is 0.109. The zero-order valence-corrected chi connectivity index (χ0v) is 16.7. The maximum atomic E-state index is 12.5. The van der Waals surface area contributed by atoms with Crippen molar-refractivity contribution < 1.29 is 14.3 Å². The molecule has 9 heteroatoms. The summed E-state index contributed by atoms with van der Waals surface area (Å²) >= 11 is 0. The summed E-state index contributed by atoms with van der Waals surface area (Å²) in [6.45, 7) is 2.94. The number of nitrogens with zero attached hydrogens (tertiary/aromatic N) is 4. The van der Waals surface area contributed by atoms with Crippen LogP contribution in [0.25, 0.3) is 11.2 Å². The Morgan fingerprint density at radius 1 is 1.33 bits per heavy atom. The Balaban J connectivity index is 1.44. The van der Waals surface area contributed by atoms with Gasteiger partial charge in [-0.15, -0.1) is 0 Å². The van der Waals surface area contributed by atoms with Gasteiger partial charge in [0, 0.05) is 13.0 Å². The molecule has 2 aliphatic rings. The fraction of sp³-hybridized carbons (Fsp3) is 0.429. The van der Waals surface area contributed by atoms with E-state index < -0.39 is 0 Å². The van der Waals surface area contributed by atoms with Crippen LogP contribution in [0.4, 0.5) is 5.95 Å². The van der Waals surface area contributed by atoms with E-state index >= 15 is 0 Å². The number of carbonyl (C=O) groups excluding carboxylic acids is 1. The number of unbranched alkanes of at least 4 members (excludes halogenated alkanes) is 1. The monoisotopic (exact) mass is 409 g/mol. The minimum atomic E-state index is -0.383. The number of aromatic nitrogens is 4. The Labute approximate surface area is 172 Å². The van der Waals surface area contributed by atoms with Gasteiger partial charge in [-0.25, -0.2) is 9.78 Å². The first-order valence-electron chi connectivity index (χ1n) is 10.3. The molecule has 2 aromatic heterocycles. The highest BCUT2D eigenvalue weighted by molar-refractivity contribution is 5.89. The van der Waals surface area contributed by atoms with Crippen LogP contribution in [0.3, 0.4) is 0 Å². The van der Waals surface area contributed by atoms with Crippen LogP contribution in [0.15, 0.2) is 41.5 Å². The predicted octanol–water partition coefficient (Wildman–Crippen LogP) is 2.50. The van der Waals surface area contributed by atoms with Crippen molar-refractivity contribution in [2.24, 2.45) is 0 Å². The molecule has 4 heterocycles. The maximum absolute atomic E-state index is 12.5. The molecule has 2 aliphatic heterocycles. The van der Waals surface area contributed by atoms with E-state index in [1.807, 2.05) is 15.2 Å². The molecule has 0 radical (unpaired) electrons. The van der Waals surface area contributed by atoms with E-state index in [-0.39, 0.29) is 36.5 Å². The zero-order chi connectivity index (χ0) is 20.7. The van der Waals surface area contributed by atoms with Crippen molar-refractivity contribution in [2.75, 3.05) is 18.5 Å². The first kappa shape index (κ1) is 18.8. The molecule has 30 heavy (non-hydrogen) atoms. The summed E-state index contributed by atoms with van der Waals surface area (Å²) in [4.78, 5) is 33.3. The van der Waals surface area contributed by atoms with E-state index in [1.54, 1.807) is 30.6 Å². The van der Waals surface area contributed by atoms with Crippen molar-refractivity contribution in [3.63, 3.8) is 0 Å². The number of carbonyl (C=O) groups is 1. The fourth-order valence-corrected chi connectivity index (χ4v) is 4.20. The largest absolute Gasteiger partial charge is 0.459 e. The Kier molecular flexibility index (Phi) is 4.74. The average Bonchev–Trinajstić information content (AvgIpc) is 3.36. The third kappa shape index (κ3) is 3.06. The van der Waals surface area contributed by atoms with E-state index in [9.17, 15) is 9.59 Å². The van der Waals surface area contributed by atoms with Crippen LogP contribution in [0.5, 0.6) is 0 Å². The Hall–Kier alpha value is -3.20. The van der Waals surface area contributed by atoms with Crippen molar-refractivity contribution in [1.82, 2.24) is 19.1 Å². The summed E-state index contributed by atoms with van der Waals surface area (Å²) in [5.41, 5.74) is 1.18. The lowest BCUT2D eigenvalue weighted by atomic mass is 10.1. The number of anilines is 1. The van der Waals surface area contributed by atoms with Gasteiger partial charge in [0.25, 0.3) is 0 Å². The molecule has 0 aliphatic carbocycles. The number of ether oxygens (including phenoxy) is 2. The van der Waals surface area contributed by atoms with Crippen LogP contribution in [0.1, 0.15) is 48.8 Å². The van der Waals surface area contributed by atoms with Gasteiger partial charge in [0.15, 0.2) is 11.2 Å². The van der Waals surface area contributed by atoms with Gasteiger partial charge in [0.2, 0.25) is 5.95 Å². The Bertz CT molecular complexity index is 1140. The normalized spacial score (nSPS) is 21.7. The summed E-state index contributed by atoms with van der Waals surface area (Å²) < 4.78 is 15.6. The maximum Gasteiger partial charge on any atom is 0.338 e. The highest BCUT2D eigenvalue weighted by atomic mass is 16.6. The zero-order valence-electron chi connectivity index (χ0n) is 16.7. The van der Waals surface area contributed by atoms with Crippen LogP contribution < -0.4 is 10.9 Å². The van der Waals surface area contributed by atoms with E-state index in [0.717, 1.165) is 12.8 Å². The molecule has 0 spiro atoms. The predicted molar refractivity (Wildman–Crippen MR) is 109 cm³/mol. The first-order chi connectivity index (χ1) is 14.7. The van der Waals surface area contributed by atoms with Crippen molar-refractivity contribution >= 4 is 23.1 Å². The smallest absolute Gasteiger partial charge is 0.338 e. The second-order valence-electron chi connectivity index (χ2n) is 7.61. The van der Waals surface area contributed by atoms with Gasteiger partial charge in [-0.3, -0.25) is 13.9 Å². The van der Waals surface area contributed by atoms with Gasteiger partial charge in [0.1, 0.15) is 18.9 Å². The molecule has 1 aromatic carbocycles. The number of esters is 1. The molecule has 1 N–H and O–H groups in total. The molecule has 3 aromatic rings. The average molecular weight is 409 g/mol. The van der Waals surface area contributed by atoms with Crippen LogP contribution in [-0.4, -0.2) is 44.3 Å². The molecule has 0 amide bonds. The van der Waals surface area contributed by atoms with Crippen molar-refractivity contribution in [3.8, 4) is 0 Å². The van der Waals surface area contributed by atoms with E-state index in [2.05, 4.69) is 22.2 Å². The first-order valence-corrected chi connectivity index (χ1v) is 10.3. The molecular formula is C21H23N5O4. The number of rotatable bonds is 7. The van der Waals surface area contributed by atoms with Crippen LogP contribution in [0.2, 0.25) is 0 Å². The van der Waals surface area contributed by atoms with Crippen molar-refractivity contribution in [2.45, 2.75) is 44.6 Å². The number of hydrogen-bond acceptors (Lipinski definition) is 7. The second kappa shape index (κ2) is 7.56. The fourth-order valence-electron chi connectivity index (χ4n) is 4.20. The number of benzene rings is 1. The van der Waals surface area contributed by atoms with Crippen LogP contribution in [-0.2, 0) is 9.47 Å². The van der Waals surface area contributed by atoms with Gasteiger partial charge < -0.3 is 14.8 Å². The topological polar surface area (TPSA) is 100 Å². The number of imidazole rings is 1. The molecule has 0 saturated carbocycles. The minimum Gasteiger partial charge on any atom is -0.459 e. The van der Waals surface area contributed by atoms with Gasteiger partial charge in [-0.05, 0) is 18.6 Å². The van der Waals surface area contributed by atoms with Gasteiger partial charge in [-0.1, -0.05) is 31.5 Å². The molecule has 1 saturated heterocycles. The number of fused-ring (bicyclic) bond motifs is 4. The Morgan fingerprint density at radius 2 is 2.17 bits per heavy atom. The molecule has 156 valence electrons. The number of nitrogens with one attached hydrogen (secondary N) is 1. The lowest BCUT2D eigenvalue weighted by Crippen LogP contribution is -2.31. The highest BCUT2D eigenvalue weighted by Crippen LogP contribution is 2.44. The third-order valence-corrected chi connectivity index (χ3v) is 5.68. The molecule has 3 atom stereocenters. The van der Waals surface area contributed by atoms with Crippen LogP contribution >= 0.6 is 0 Å². The Morgan fingerprint density at radius 3 is 2.97 bits per heavy atom. The lowest BCUT2D eigenvalue weighted by molar-refractivity contribution is -0.0331. The second-order valence-corrected chi connectivity index (χ2v) is 7.61. The van der Waals surface area contributed by atoms with Gasteiger partial charge >= 0.3 is 11.5 Å². The van der Waals surface area contributed by atoms with E-state index in [0.29, 0.717) is 35.6 Å². The van der Waals surface area contributed by atoms with Crippen molar-refractivity contribution in [1.29, 1.82) is 0 Å². The van der Waals surface area contributed by atoms with E-state index in [1.165, 1.54) is 0 Å². The summed E-state index contributed by atoms with van der Waals surface area (Å²) in [6.07, 6.45) is 3.73. The molecule has 5 rings (SSSR count). The summed E-state index contributed by atoms with van der Waals surface area (Å²) in [6, 6.07) is 8.78. The molecule has 0 unspecified atom stereocenters. The van der Waals surface area contributed by atoms with E-state index in [4.69, 9.17) is 9.47 Å². The molecule has 9 nitrogen and oxygen atoms in total. The summed E-state index contributed by atoms with van der Waals surface area (Å²) in [5.74, 6) is 0.127. The highest BCUT2D eigenvalue weighted by Gasteiger charge is 2.44. The lowest BCUT2D eigenvalue weighted by Gasteiger charge is -2.26. The molecular weight excluding hydrogens is 386 g/mol. The quantitative estimate of drug-likeness (QED) is 0.473. The van der Waals surface area contributed by atoms with Crippen LogP contribution in [0, 0.1) is 0 Å². The summed E-state index contributed by atoms with van der Waals surface area (Å²) in [5, 5.41) is 3.29. The SMILES string of the molecule is CCCCNc1nc(=O)c2ncn3c2n1[C@H]1C[C@H]3O[C@@H]1COC(=O)c1ccccc1. The standard InChI is InChI=1S/C21H23N5O4/c1-2-3-9-22-21-24-18(27)17-19-25(12-23-17)16-10-14(26(19)21)15(30-16)11-29-20(28)13-7-5-4-6-8-13/h4-8,12,14-16H,2-3,9-11H2,1H3,(H,22,24,27)/t14-,15+,16+/m0/s1. The van der Waals surface area contributed by atoms with Gasteiger partial charge in [0.05, 0.1) is 17.9 Å². The van der Waals surface area contributed by atoms with Crippen molar-refractivity contribution in [3.05, 3.63) is 52.6 Å². The molecule has 2 bridgehead atoms. The number of hydrogen-bond donors (Lipinski definition) is 1. The van der Waals surface area contributed by atoms with Gasteiger partial charge in [-0.2, -0.15) is 4.98 Å². The molecule has 1 fully saturated rings. The summed E-state index contributed by atoms with van der Waals surface area (Å²) in [7, 11) is 0.